The number of hydrogen-bond acceptors (Lipinski definition) is 6. The van der Waals surface area contributed by atoms with Gasteiger partial charge in [-0.15, -0.1) is 0 Å². The standard InChI is InChI=1S/C25H27N5O3/c1-16-8-6-7-9-23(16)30-18(3)11-20(19(30)4)13-27-29-24(31)15-33-25-22(12-26)21(14-32-5)10-17(2)28-25/h6-11,13H,14-15H2,1-5H3,(H,29,31)/b27-13-. The number of methoxy groups -OCH3 is 1. The maximum Gasteiger partial charge on any atom is 0.278 e. The van der Waals surface area contributed by atoms with Crippen LogP contribution < -0.4 is 10.2 Å². The second-order valence-corrected chi connectivity index (χ2v) is 7.68. The van der Waals surface area contributed by atoms with Crippen molar-refractivity contribution >= 4 is 12.1 Å². The van der Waals surface area contributed by atoms with Crippen molar-refractivity contribution in [1.82, 2.24) is 15.0 Å². The number of ether oxygens (including phenoxy) is 2. The van der Waals surface area contributed by atoms with Crippen molar-refractivity contribution in [2.24, 2.45) is 5.10 Å². The molecule has 0 unspecified atom stereocenters. The van der Waals surface area contributed by atoms with Gasteiger partial charge in [-0.1, -0.05) is 18.2 Å². The first-order valence-electron chi connectivity index (χ1n) is 10.4. The lowest BCUT2D eigenvalue weighted by Crippen LogP contribution is -2.25. The van der Waals surface area contributed by atoms with Crippen LogP contribution in [0.15, 0.2) is 41.5 Å². The first-order valence-corrected chi connectivity index (χ1v) is 10.4. The molecule has 1 amide bonds. The second-order valence-electron chi connectivity index (χ2n) is 7.68. The summed E-state index contributed by atoms with van der Waals surface area (Å²) in [6.07, 6.45) is 1.61. The Bertz CT molecular complexity index is 1240. The van der Waals surface area contributed by atoms with Gasteiger partial charge in [0.05, 0.1) is 12.8 Å². The summed E-state index contributed by atoms with van der Waals surface area (Å²) in [5.41, 5.74) is 9.30. The van der Waals surface area contributed by atoms with Crippen molar-refractivity contribution in [2.75, 3.05) is 13.7 Å². The molecule has 0 aliphatic rings. The molecule has 33 heavy (non-hydrogen) atoms. The molecule has 1 aromatic carbocycles. The number of pyridine rings is 1. The lowest BCUT2D eigenvalue weighted by Gasteiger charge is -2.12. The van der Waals surface area contributed by atoms with Gasteiger partial charge in [0.25, 0.3) is 5.91 Å². The van der Waals surface area contributed by atoms with Gasteiger partial charge < -0.3 is 14.0 Å². The number of aryl methyl sites for hydroxylation is 3. The van der Waals surface area contributed by atoms with E-state index in [1.165, 1.54) is 5.56 Å². The first-order chi connectivity index (χ1) is 15.8. The van der Waals surface area contributed by atoms with E-state index in [-0.39, 0.29) is 24.7 Å². The zero-order chi connectivity index (χ0) is 24.0. The summed E-state index contributed by atoms with van der Waals surface area (Å²) in [7, 11) is 1.54. The quantitative estimate of drug-likeness (QED) is 0.421. The molecular weight excluding hydrogens is 418 g/mol. The number of carbonyl (C=O) groups excluding carboxylic acids is 1. The highest BCUT2D eigenvalue weighted by Gasteiger charge is 2.14. The zero-order valence-corrected chi connectivity index (χ0v) is 19.5. The van der Waals surface area contributed by atoms with Gasteiger partial charge >= 0.3 is 0 Å². The van der Waals surface area contributed by atoms with E-state index >= 15 is 0 Å². The minimum absolute atomic E-state index is 0.102. The molecule has 8 heteroatoms. The van der Waals surface area contributed by atoms with E-state index in [9.17, 15) is 10.1 Å². The predicted octanol–water partition coefficient (Wildman–Crippen LogP) is 3.65. The fraction of sp³-hybridized carbons (Fsp3) is 0.280. The van der Waals surface area contributed by atoms with E-state index in [2.05, 4.69) is 45.2 Å². The monoisotopic (exact) mass is 445 g/mol. The molecule has 0 radical (unpaired) electrons. The van der Waals surface area contributed by atoms with Crippen LogP contribution in [0.25, 0.3) is 5.69 Å². The lowest BCUT2D eigenvalue weighted by molar-refractivity contribution is -0.123. The largest absolute Gasteiger partial charge is 0.467 e. The van der Waals surface area contributed by atoms with Crippen LogP contribution in [0.4, 0.5) is 0 Å². The van der Waals surface area contributed by atoms with E-state index in [0.29, 0.717) is 11.3 Å². The molecule has 0 fully saturated rings. The summed E-state index contributed by atoms with van der Waals surface area (Å²) in [5.74, 6) is -0.357. The number of amides is 1. The molecule has 8 nitrogen and oxygen atoms in total. The van der Waals surface area contributed by atoms with Gasteiger partial charge in [0.2, 0.25) is 5.88 Å². The van der Waals surface area contributed by atoms with Gasteiger partial charge in [-0.25, -0.2) is 10.4 Å². The Kier molecular flexibility index (Phi) is 7.59. The van der Waals surface area contributed by atoms with Crippen molar-refractivity contribution in [3.8, 4) is 17.6 Å². The molecule has 0 bridgehead atoms. The third-order valence-electron chi connectivity index (χ3n) is 5.17. The smallest absolute Gasteiger partial charge is 0.278 e. The van der Waals surface area contributed by atoms with E-state index < -0.39 is 5.91 Å². The first kappa shape index (κ1) is 23.7. The van der Waals surface area contributed by atoms with E-state index in [4.69, 9.17) is 9.47 Å². The zero-order valence-electron chi connectivity index (χ0n) is 19.5. The van der Waals surface area contributed by atoms with Crippen molar-refractivity contribution in [2.45, 2.75) is 34.3 Å². The molecule has 0 atom stereocenters. The van der Waals surface area contributed by atoms with Crippen LogP contribution in [0.2, 0.25) is 0 Å². The Morgan fingerprint density at radius 2 is 2.00 bits per heavy atom. The molecule has 0 aliphatic carbocycles. The summed E-state index contributed by atoms with van der Waals surface area (Å²) < 4.78 is 12.8. The van der Waals surface area contributed by atoms with Crippen LogP contribution in [0.5, 0.6) is 5.88 Å². The van der Waals surface area contributed by atoms with E-state index in [0.717, 1.165) is 22.6 Å². The fourth-order valence-corrected chi connectivity index (χ4v) is 3.65. The minimum Gasteiger partial charge on any atom is -0.467 e. The van der Waals surface area contributed by atoms with Crippen LogP contribution in [0.1, 0.15) is 39.3 Å². The van der Waals surface area contributed by atoms with E-state index in [1.807, 2.05) is 32.0 Å². The lowest BCUT2D eigenvalue weighted by atomic mass is 10.1. The molecule has 1 N–H and O–H groups in total. The number of nitrogens with one attached hydrogen (secondary N) is 1. The Hall–Kier alpha value is -3.96. The summed E-state index contributed by atoms with van der Waals surface area (Å²) in [4.78, 5) is 16.5. The molecule has 0 spiro atoms. The highest BCUT2D eigenvalue weighted by atomic mass is 16.5. The molecule has 0 saturated carbocycles. The van der Waals surface area contributed by atoms with E-state index in [1.54, 1.807) is 26.3 Å². The molecule has 2 aromatic heterocycles. The summed E-state index contributed by atoms with van der Waals surface area (Å²) in [6, 6.07) is 14.0. The Labute approximate surface area is 193 Å². The Morgan fingerprint density at radius 1 is 1.24 bits per heavy atom. The van der Waals surface area contributed by atoms with Crippen LogP contribution in [-0.2, 0) is 16.1 Å². The molecule has 2 heterocycles. The van der Waals surface area contributed by atoms with Crippen molar-refractivity contribution in [3.05, 3.63) is 75.7 Å². The number of rotatable bonds is 8. The molecule has 3 aromatic rings. The number of hydrazone groups is 1. The SMILES string of the molecule is COCc1cc(C)nc(OCC(=O)N/N=C\c2cc(C)n(-c3ccccc3C)c2C)c1C#N. The van der Waals surface area contributed by atoms with Gasteiger partial charge in [0, 0.05) is 41.0 Å². The second kappa shape index (κ2) is 10.6. The Balaban J connectivity index is 1.67. The molecule has 0 saturated heterocycles. The topological polar surface area (TPSA) is 102 Å². The number of aromatic nitrogens is 2. The molecule has 0 aliphatic heterocycles. The fourth-order valence-electron chi connectivity index (χ4n) is 3.65. The van der Waals surface area contributed by atoms with Gasteiger partial charge in [-0.2, -0.15) is 10.4 Å². The number of carbonyl (C=O) groups is 1. The van der Waals surface area contributed by atoms with Crippen molar-refractivity contribution in [3.63, 3.8) is 0 Å². The highest BCUT2D eigenvalue weighted by Crippen LogP contribution is 2.23. The minimum atomic E-state index is -0.459. The summed E-state index contributed by atoms with van der Waals surface area (Å²) >= 11 is 0. The summed E-state index contributed by atoms with van der Waals surface area (Å²) in [5, 5.41) is 13.5. The van der Waals surface area contributed by atoms with Gasteiger partial charge in [0.1, 0.15) is 11.6 Å². The van der Waals surface area contributed by atoms with Gasteiger partial charge in [-0.3, -0.25) is 4.79 Å². The number of para-hydroxylation sites is 1. The number of hydrogen-bond donors (Lipinski definition) is 1. The van der Waals surface area contributed by atoms with Gasteiger partial charge in [-0.05, 0) is 51.5 Å². The summed E-state index contributed by atoms with van der Waals surface area (Å²) in [6.45, 7) is 7.82. The third kappa shape index (κ3) is 5.45. The molecule has 170 valence electrons. The molecular formula is C25H27N5O3. The number of nitrogens with zero attached hydrogens (tertiary/aromatic N) is 4. The average molecular weight is 446 g/mol. The average Bonchev–Trinajstić information content (AvgIpc) is 3.05. The van der Waals surface area contributed by atoms with Gasteiger partial charge in [0.15, 0.2) is 6.61 Å². The van der Waals surface area contributed by atoms with Crippen molar-refractivity contribution < 1.29 is 14.3 Å². The normalized spacial score (nSPS) is 10.9. The predicted molar refractivity (Wildman–Crippen MR) is 126 cm³/mol. The van der Waals surface area contributed by atoms with Crippen LogP contribution in [0.3, 0.4) is 0 Å². The van der Waals surface area contributed by atoms with Crippen LogP contribution in [-0.4, -0.2) is 35.4 Å². The highest BCUT2D eigenvalue weighted by molar-refractivity contribution is 5.84. The third-order valence-corrected chi connectivity index (χ3v) is 5.17. The van der Waals surface area contributed by atoms with Crippen molar-refractivity contribution in [1.29, 1.82) is 5.26 Å². The number of nitriles is 1. The Morgan fingerprint density at radius 3 is 2.70 bits per heavy atom. The van der Waals surface area contributed by atoms with Crippen LogP contribution >= 0.6 is 0 Å². The number of benzene rings is 1. The maximum absolute atomic E-state index is 12.2. The van der Waals surface area contributed by atoms with Crippen LogP contribution in [0, 0.1) is 39.0 Å². The molecule has 3 rings (SSSR count). The maximum atomic E-state index is 12.2.